The summed E-state index contributed by atoms with van der Waals surface area (Å²) in [6.07, 6.45) is -0.0565. The molecule has 1 amide bonds. The van der Waals surface area contributed by atoms with Crippen LogP contribution in [0.4, 0.5) is 4.79 Å². The van der Waals surface area contributed by atoms with E-state index >= 15 is 0 Å². The molecule has 0 radical (unpaired) electrons. The molecule has 1 aromatic carbocycles. The van der Waals surface area contributed by atoms with E-state index in [0.29, 0.717) is 17.9 Å². The van der Waals surface area contributed by atoms with Gasteiger partial charge in [0.15, 0.2) is 0 Å². The van der Waals surface area contributed by atoms with Crippen molar-refractivity contribution < 1.29 is 32.0 Å². The fraction of sp³-hybridized carbons (Fsp3) is 0.579. The lowest BCUT2D eigenvalue weighted by molar-refractivity contribution is -0.139. The molecule has 8 nitrogen and oxygen atoms in total. The standard InChI is InChI=1S/C19H29NO7S2/c1-14-6-8-15(9-7-14)29(24,25)26-11-5-12-28-13-10-16(17(21)22)20-18(23)27-19(2,3)4/h6-9,16H,5,10-13H2,1-4H3,(H,20,23)(H,21,22). The number of alkyl carbamates (subject to hydrolysis) is 1. The van der Waals surface area contributed by atoms with Crippen LogP contribution in [0.15, 0.2) is 29.2 Å². The SMILES string of the molecule is Cc1ccc(S(=O)(=O)OCCCSCCC(NC(=O)OC(C)(C)C)C(=O)O)cc1. The van der Waals surface area contributed by atoms with Crippen LogP contribution >= 0.6 is 11.8 Å². The van der Waals surface area contributed by atoms with Crippen molar-refractivity contribution in [2.45, 2.75) is 57.1 Å². The third-order valence-corrected chi connectivity index (χ3v) is 5.95. The Morgan fingerprint density at radius 2 is 1.79 bits per heavy atom. The normalized spacial score (nSPS) is 13.0. The molecule has 0 saturated heterocycles. The number of rotatable bonds is 11. The molecule has 0 aliphatic heterocycles. The molecule has 0 saturated carbocycles. The van der Waals surface area contributed by atoms with E-state index in [9.17, 15) is 23.1 Å². The molecule has 0 fully saturated rings. The van der Waals surface area contributed by atoms with Gasteiger partial charge in [-0.25, -0.2) is 9.59 Å². The number of thioether (sulfide) groups is 1. The van der Waals surface area contributed by atoms with Crippen LogP contribution in [0, 0.1) is 6.92 Å². The first-order valence-corrected chi connectivity index (χ1v) is 11.7. The Morgan fingerprint density at radius 1 is 1.17 bits per heavy atom. The molecule has 1 rings (SSSR count). The van der Waals surface area contributed by atoms with Crippen LogP contribution in [0.5, 0.6) is 0 Å². The zero-order valence-corrected chi connectivity index (χ0v) is 18.8. The lowest BCUT2D eigenvalue weighted by atomic mass is 10.2. The Morgan fingerprint density at radius 3 is 2.34 bits per heavy atom. The lowest BCUT2D eigenvalue weighted by Crippen LogP contribution is -2.43. The summed E-state index contributed by atoms with van der Waals surface area (Å²) in [4.78, 5) is 23.1. The van der Waals surface area contributed by atoms with E-state index in [1.54, 1.807) is 32.9 Å². The van der Waals surface area contributed by atoms with Gasteiger partial charge in [0.2, 0.25) is 0 Å². The number of carbonyl (C=O) groups excluding carboxylic acids is 1. The van der Waals surface area contributed by atoms with Crippen LogP contribution in [0.2, 0.25) is 0 Å². The number of carboxylic acid groups (broad SMARTS) is 1. The second-order valence-corrected chi connectivity index (χ2v) is 10.2. The van der Waals surface area contributed by atoms with Gasteiger partial charge in [-0.2, -0.15) is 20.2 Å². The fourth-order valence-corrected chi connectivity index (χ4v) is 3.98. The minimum absolute atomic E-state index is 0.0434. The minimum atomic E-state index is -3.77. The van der Waals surface area contributed by atoms with Crippen LogP contribution in [-0.4, -0.2) is 55.3 Å². The summed E-state index contributed by atoms with van der Waals surface area (Å²) in [5.74, 6) is -0.0522. The predicted octanol–water partition coefficient (Wildman–Crippen LogP) is 3.19. The maximum absolute atomic E-state index is 12.1. The van der Waals surface area contributed by atoms with Gasteiger partial charge in [0.05, 0.1) is 11.5 Å². The average Bonchev–Trinajstić information content (AvgIpc) is 2.58. The quantitative estimate of drug-likeness (QED) is 0.392. The Labute approximate surface area is 176 Å². The molecule has 0 aliphatic carbocycles. The van der Waals surface area contributed by atoms with Crippen LogP contribution in [0.25, 0.3) is 0 Å². The van der Waals surface area contributed by atoms with E-state index in [2.05, 4.69) is 5.32 Å². The second kappa shape index (κ2) is 11.4. The topological polar surface area (TPSA) is 119 Å². The molecule has 10 heteroatoms. The average molecular weight is 448 g/mol. The molecule has 1 aromatic rings. The first kappa shape index (κ1) is 25.3. The van der Waals surface area contributed by atoms with Crippen molar-refractivity contribution in [2.24, 2.45) is 0 Å². The van der Waals surface area contributed by atoms with Gasteiger partial charge in [0, 0.05) is 0 Å². The van der Waals surface area contributed by atoms with E-state index in [0.717, 1.165) is 5.56 Å². The number of benzene rings is 1. The van der Waals surface area contributed by atoms with E-state index in [1.807, 2.05) is 6.92 Å². The molecule has 0 aliphatic rings. The Bertz CT molecular complexity index is 771. The predicted molar refractivity (Wildman–Crippen MR) is 112 cm³/mol. The summed E-state index contributed by atoms with van der Waals surface area (Å²) < 4.78 is 34.2. The van der Waals surface area contributed by atoms with E-state index in [4.69, 9.17) is 8.92 Å². The summed E-state index contributed by atoms with van der Waals surface area (Å²) >= 11 is 1.46. The number of aliphatic carboxylic acids is 1. The smallest absolute Gasteiger partial charge is 0.408 e. The van der Waals surface area contributed by atoms with Gasteiger partial charge < -0.3 is 15.2 Å². The third kappa shape index (κ3) is 10.5. The van der Waals surface area contributed by atoms with Gasteiger partial charge in [0.25, 0.3) is 10.1 Å². The van der Waals surface area contributed by atoms with Crippen LogP contribution < -0.4 is 5.32 Å². The van der Waals surface area contributed by atoms with Gasteiger partial charge in [0.1, 0.15) is 11.6 Å². The minimum Gasteiger partial charge on any atom is -0.480 e. The highest BCUT2D eigenvalue weighted by Gasteiger charge is 2.23. The summed E-state index contributed by atoms with van der Waals surface area (Å²) in [7, 11) is -3.77. The number of hydrogen-bond acceptors (Lipinski definition) is 7. The Balaban J connectivity index is 2.28. The molecule has 2 N–H and O–H groups in total. The number of ether oxygens (including phenoxy) is 1. The van der Waals surface area contributed by atoms with Gasteiger partial charge >= 0.3 is 12.1 Å². The molecule has 0 bridgehead atoms. The summed E-state index contributed by atoms with van der Waals surface area (Å²) in [6.45, 7) is 6.99. The zero-order valence-electron chi connectivity index (χ0n) is 17.1. The highest BCUT2D eigenvalue weighted by Crippen LogP contribution is 2.14. The summed E-state index contributed by atoms with van der Waals surface area (Å²) in [6, 6.07) is 5.37. The third-order valence-electron chi connectivity index (χ3n) is 3.52. The van der Waals surface area contributed by atoms with E-state index in [-0.39, 0.29) is 17.9 Å². The number of carboxylic acids is 1. The molecule has 29 heavy (non-hydrogen) atoms. The highest BCUT2D eigenvalue weighted by atomic mass is 32.2. The van der Waals surface area contributed by atoms with Crippen molar-refractivity contribution in [3.63, 3.8) is 0 Å². The maximum Gasteiger partial charge on any atom is 0.408 e. The van der Waals surface area contributed by atoms with Crippen LogP contribution in [-0.2, 0) is 23.8 Å². The number of carbonyl (C=O) groups is 2. The summed E-state index contributed by atoms with van der Waals surface area (Å²) in [5.41, 5.74) is 0.252. The lowest BCUT2D eigenvalue weighted by Gasteiger charge is -2.21. The van der Waals surface area contributed by atoms with Gasteiger partial charge in [-0.05, 0) is 64.2 Å². The van der Waals surface area contributed by atoms with Crippen molar-refractivity contribution in [3.05, 3.63) is 29.8 Å². The van der Waals surface area contributed by atoms with Gasteiger partial charge in [-0.15, -0.1) is 0 Å². The number of aryl methyl sites for hydroxylation is 1. The molecule has 1 unspecified atom stereocenters. The van der Waals surface area contributed by atoms with Crippen molar-refractivity contribution in [3.8, 4) is 0 Å². The molecule has 0 aromatic heterocycles. The second-order valence-electron chi connectivity index (χ2n) is 7.38. The van der Waals surface area contributed by atoms with Crippen molar-refractivity contribution >= 4 is 33.9 Å². The fourth-order valence-electron chi connectivity index (χ4n) is 2.11. The number of hydrogen-bond donors (Lipinski definition) is 2. The van der Waals surface area contributed by atoms with Crippen molar-refractivity contribution in [1.29, 1.82) is 0 Å². The van der Waals surface area contributed by atoms with Crippen LogP contribution in [0.1, 0.15) is 39.2 Å². The van der Waals surface area contributed by atoms with E-state index in [1.165, 1.54) is 23.9 Å². The molecule has 164 valence electrons. The Kier molecular flexibility index (Phi) is 9.94. The molecule has 0 heterocycles. The first-order valence-electron chi connectivity index (χ1n) is 9.17. The molecular formula is C19H29NO7S2. The zero-order chi connectivity index (χ0) is 22.1. The largest absolute Gasteiger partial charge is 0.480 e. The van der Waals surface area contributed by atoms with Gasteiger partial charge in [-0.3, -0.25) is 4.18 Å². The first-order chi connectivity index (χ1) is 13.4. The molecule has 0 spiro atoms. The van der Waals surface area contributed by atoms with Crippen molar-refractivity contribution in [1.82, 2.24) is 5.32 Å². The molecular weight excluding hydrogens is 418 g/mol. The summed E-state index contributed by atoms with van der Waals surface area (Å²) in [5, 5.41) is 11.5. The maximum atomic E-state index is 12.1. The van der Waals surface area contributed by atoms with Crippen molar-refractivity contribution in [2.75, 3.05) is 18.1 Å². The van der Waals surface area contributed by atoms with E-state index < -0.39 is 33.8 Å². The van der Waals surface area contributed by atoms with Gasteiger partial charge in [-0.1, -0.05) is 17.7 Å². The highest BCUT2D eigenvalue weighted by molar-refractivity contribution is 7.99. The Hall–Kier alpha value is -1.78. The van der Waals surface area contributed by atoms with Crippen LogP contribution in [0.3, 0.4) is 0 Å². The number of amides is 1. The molecule has 1 atom stereocenters. The monoisotopic (exact) mass is 447 g/mol. The number of nitrogens with one attached hydrogen (secondary N) is 1.